The fraction of sp³-hybridized carbons (Fsp3) is 0.300. The minimum Gasteiger partial charge on any atom is -0.395 e. The number of nitrogens with one attached hydrogen (secondary N) is 2. The van der Waals surface area contributed by atoms with Crippen molar-refractivity contribution in [1.82, 2.24) is 10.2 Å². The quantitative estimate of drug-likeness (QED) is 0.463. The number of hydrogen-bond acceptors (Lipinski definition) is 5. The molecule has 1 saturated heterocycles. The van der Waals surface area contributed by atoms with Gasteiger partial charge in [0, 0.05) is 28.8 Å². The average molecular weight is 549 g/mol. The van der Waals surface area contributed by atoms with E-state index in [0.717, 1.165) is 6.07 Å². The Morgan fingerprint density at radius 3 is 2.68 bits per heavy atom. The maximum atomic E-state index is 15.0. The first kappa shape index (κ1) is 23.3. The number of morpholine rings is 1. The van der Waals surface area contributed by atoms with Crippen molar-refractivity contribution in [2.24, 2.45) is 0 Å². The molecule has 3 N–H and O–H groups in total. The molecule has 0 unspecified atom stereocenters. The van der Waals surface area contributed by atoms with E-state index in [1.165, 1.54) is 17.0 Å². The van der Waals surface area contributed by atoms with Gasteiger partial charge >= 0.3 is 0 Å². The maximum Gasteiger partial charge on any atom is 0.253 e. The molecule has 11 heteroatoms. The molecule has 0 spiro atoms. The van der Waals surface area contributed by atoms with E-state index in [2.05, 4.69) is 10.6 Å². The van der Waals surface area contributed by atoms with Gasteiger partial charge in [0.2, 0.25) is 5.91 Å². The molecule has 1 aliphatic rings. The smallest absolute Gasteiger partial charge is 0.253 e. The van der Waals surface area contributed by atoms with E-state index in [4.69, 9.17) is 9.84 Å². The Labute approximate surface area is 189 Å². The van der Waals surface area contributed by atoms with Crippen LogP contribution in [0.4, 0.5) is 24.5 Å². The Balaban J connectivity index is 2.02. The number of nitrogens with zero attached hydrogens (tertiary/aromatic N) is 1. The summed E-state index contributed by atoms with van der Waals surface area (Å²) in [6, 6.07) is 5.20. The third-order valence-electron chi connectivity index (χ3n) is 4.56. The molecule has 1 aliphatic heterocycles. The highest BCUT2D eigenvalue weighted by atomic mass is 127. The zero-order valence-corrected chi connectivity index (χ0v) is 18.3. The third-order valence-corrected chi connectivity index (χ3v) is 5.23. The zero-order chi connectivity index (χ0) is 22.5. The van der Waals surface area contributed by atoms with E-state index in [1.54, 1.807) is 6.07 Å². The van der Waals surface area contributed by atoms with Crippen LogP contribution in [0.3, 0.4) is 0 Å². The molecule has 7 nitrogen and oxygen atoms in total. The second kappa shape index (κ2) is 10.3. The van der Waals surface area contributed by atoms with Crippen LogP contribution in [0.15, 0.2) is 24.3 Å². The van der Waals surface area contributed by atoms with Crippen molar-refractivity contribution >= 4 is 45.8 Å². The molecule has 0 aromatic heterocycles. The molecule has 1 heterocycles. The summed E-state index contributed by atoms with van der Waals surface area (Å²) in [5.74, 6) is -4.54. The molecule has 0 atom stereocenters. The highest BCUT2D eigenvalue weighted by Gasteiger charge is 2.26. The summed E-state index contributed by atoms with van der Waals surface area (Å²) in [6.07, 6.45) is 0. The molecule has 0 saturated carbocycles. The molecule has 0 aliphatic carbocycles. The number of amides is 2. The first-order valence-electron chi connectivity index (χ1n) is 9.29. The number of carbonyl (C=O) groups excluding carboxylic acids is 2. The van der Waals surface area contributed by atoms with Gasteiger partial charge in [0.1, 0.15) is 12.4 Å². The lowest BCUT2D eigenvalue weighted by molar-refractivity contribution is -0.143. The normalized spacial score (nSPS) is 14.0. The number of ether oxygens (including phenoxy) is 1. The van der Waals surface area contributed by atoms with Gasteiger partial charge in [-0.15, -0.1) is 0 Å². The van der Waals surface area contributed by atoms with Gasteiger partial charge in [-0.3, -0.25) is 9.59 Å². The lowest BCUT2D eigenvalue weighted by Gasteiger charge is -2.27. The van der Waals surface area contributed by atoms with E-state index in [0.29, 0.717) is 3.57 Å². The number of aliphatic hydroxyl groups excluding tert-OH is 1. The van der Waals surface area contributed by atoms with E-state index < -0.39 is 29.0 Å². The highest BCUT2D eigenvalue weighted by Crippen LogP contribution is 2.31. The van der Waals surface area contributed by atoms with Gasteiger partial charge in [0.25, 0.3) is 5.91 Å². The number of benzene rings is 2. The summed E-state index contributed by atoms with van der Waals surface area (Å²) in [5, 5.41) is 13.8. The van der Waals surface area contributed by atoms with Crippen LogP contribution in [0.5, 0.6) is 0 Å². The number of rotatable bonds is 7. The van der Waals surface area contributed by atoms with E-state index in [9.17, 15) is 18.4 Å². The Morgan fingerprint density at radius 2 is 2.00 bits per heavy atom. The van der Waals surface area contributed by atoms with Crippen molar-refractivity contribution in [3.63, 3.8) is 0 Å². The first-order chi connectivity index (χ1) is 14.8. The largest absolute Gasteiger partial charge is 0.395 e. The van der Waals surface area contributed by atoms with Crippen LogP contribution in [0.2, 0.25) is 0 Å². The van der Waals surface area contributed by atoms with Crippen molar-refractivity contribution in [3.8, 4) is 0 Å². The Morgan fingerprint density at radius 1 is 1.23 bits per heavy atom. The molecule has 3 rings (SSSR count). The molecule has 2 aromatic rings. The Bertz CT molecular complexity index is 1010. The average Bonchev–Trinajstić information content (AvgIpc) is 2.74. The molecule has 31 heavy (non-hydrogen) atoms. The zero-order valence-electron chi connectivity index (χ0n) is 16.2. The Hall–Kier alpha value is -2.38. The first-order valence-corrected chi connectivity index (χ1v) is 10.4. The minimum atomic E-state index is -1.38. The van der Waals surface area contributed by atoms with Gasteiger partial charge in [-0.1, -0.05) is 0 Å². The Kier molecular flexibility index (Phi) is 7.73. The second-order valence-corrected chi connectivity index (χ2v) is 7.93. The SMILES string of the molecule is O=C(NCCO)c1cc(CN2CCOCC2=O)c(F)c(F)c1Nc1ccc(I)cc1F. The number of aliphatic hydroxyl groups is 1. The van der Waals surface area contributed by atoms with Crippen LogP contribution < -0.4 is 10.6 Å². The van der Waals surface area contributed by atoms with Crippen LogP contribution in [-0.2, 0) is 16.1 Å². The van der Waals surface area contributed by atoms with E-state index in [1.807, 2.05) is 22.6 Å². The van der Waals surface area contributed by atoms with Crippen molar-refractivity contribution in [2.45, 2.75) is 6.54 Å². The lowest BCUT2D eigenvalue weighted by atomic mass is 10.0. The number of halogens is 4. The summed E-state index contributed by atoms with van der Waals surface area (Å²) in [7, 11) is 0. The van der Waals surface area contributed by atoms with Gasteiger partial charge in [0.15, 0.2) is 11.6 Å². The van der Waals surface area contributed by atoms with Crippen LogP contribution >= 0.6 is 22.6 Å². The number of carbonyl (C=O) groups is 2. The maximum absolute atomic E-state index is 15.0. The summed E-state index contributed by atoms with van der Waals surface area (Å²) in [5.41, 5.74) is -1.20. The number of anilines is 2. The van der Waals surface area contributed by atoms with Gasteiger partial charge < -0.3 is 25.4 Å². The molecule has 2 aromatic carbocycles. The molecule has 1 fully saturated rings. The van der Waals surface area contributed by atoms with Crippen LogP contribution in [0.25, 0.3) is 0 Å². The van der Waals surface area contributed by atoms with E-state index in [-0.39, 0.29) is 62.2 Å². The van der Waals surface area contributed by atoms with Gasteiger partial charge in [-0.05, 0) is 46.9 Å². The number of hydrogen-bond donors (Lipinski definition) is 3. The second-order valence-electron chi connectivity index (χ2n) is 6.68. The van der Waals surface area contributed by atoms with Gasteiger partial charge in [-0.25, -0.2) is 13.2 Å². The van der Waals surface area contributed by atoms with E-state index >= 15 is 4.39 Å². The molecular weight excluding hydrogens is 530 g/mol. The van der Waals surface area contributed by atoms with Crippen molar-refractivity contribution in [1.29, 1.82) is 0 Å². The molecule has 166 valence electrons. The predicted molar refractivity (Wildman–Crippen MR) is 114 cm³/mol. The van der Waals surface area contributed by atoms with Gasteiger partial charge in [-0.2, -0.15) is 0 Å². The minimum absolute atomic E-state index is 0.119. The third kappa shape index (κ3) is 5.46. The molecule has 0 radical (unpaired) electrons. The molecular formula is C20H19F3IN3O4. The summed E-state index contributed by atoms with van der Waals surface area (Å²) in [4.78, 5) is 25.8. The van der Waals surface area contributed by atoms with Crippen LogP contribution in [-0.4, -0.2) is 54.7 Å². The fourth-order valence-corrected chi connectivity index (χ4v) is 3.46. The van der Waals surface area contributed by atoms with Gasteiger partial charge in [0.05, 0.1) is 30.2 Å². The standard InChI is InChI=1S/C20H19F3IN3O4/c21-14-8-12(24)1-2-15(14)26-19-13(20(30)25-3-5-28)7-11(17(22)18(19)23)9-27-4-6-31-10-16(27)29/h1-2,7-8,26,28H,3-6,9-10H2,(H,25,30). The van der Waals surface area contributed by atoms with Crippen molar-refractivity contribution in [2.75, 3.05) is 38.2 Å². The molecule has 0 bridgehead atoms. The lowest BCUT2D eigenvalue weighted by Crippen LogP contribution is -2.41. The highest BCUT2D eigenvalue weighted by molar-refractivity contribution is 14.1. The summed E-state index contributed by atoms with van der Waals surface area (Å²) < 4.78 is 49.8. The van der Waals surface area contributed by atoms with Crippen molar-refractivity contribution < 1.29 is 32.6 Å². The summed E-state index contributed by atoms with van der Waals surface area (Å²) >= 11 is 1.90. The topological polar surface area (TPSA) is 90.9 Å². The van der Waals surface area contributed by atoms with Crippen molar-refractivity contribution in [3.05, 3.63) is 56.4 Å². The van der Waals surface area contributed by atoms with Crippen LogP contribution in [0, 0.1) is 21.0 Å². The predicted octanol–water partition coefficient (Wildman–Crippen LogP) is 2.53. The fourth-order valence-electron chi connectivity index (χ4n) is 3.01. The monoisotopic (exact) mass is 549 g/mol. The molecule has 2 amide bonds. The summed E-state index contributed by atoms with van der Waals surface area (Å²) in [6.45, 7) is -0.459. The van der Waals surface area contributed by atoms with Crippen LogP contribution in [0.1, 0.15) is 15.9 Å².